The van der Waals surface area contributed by atoms with Crippen molar-refractivity contribution in [1.29, 1.82) is 0 Å². The molecule has 104 valence electrons. The average molecular weight is 286 g/mol. The first-order chi connectivity index (χ1) is 8.99. The number of phenolic OH excluding ortho intramolecular Hbond substituents is 1. The van der Waals surface area contributed by atoms with Crippen LogP contribution >= 0.6 is 11.6 Å². The minimum absolute atomic E-state index is 0.155. The minimum Gasteiger partial charge on any atom is -0.508 e. The maximum absolute atomic E-state index is 11.1. The molecule has 0 saturated carbocycles. The molecule has 6 heteroatoms. The molecule has 1 aliphatic heterocycles. The summed E-state index contributed by atoms with van der Waals surface area (Å²) < 4.78 is 5.23. The molecule has 2 rings (SSSR count). The number of rotatable bonds is 4. The Morgan fingerprint density at radius 3 is 2.95 bits per heavy atom. The van der Waals surface area contributed by atoms with Crippen LogP contribution < -0.4 is 0 Å². The molecule has 2 atom stereocenters. The SMILES string of the molecule is CN(Cc1cc(Cl)ccc1O)C1COCC1C(=O)O. The van der Waals surface area contributed by atoms with Crippen LogP contribution in [0.2, 0.25) is 5.02 Å². The summed E-state index contributed by atoms with van der Waals surface area (Å²) in [6.45, 7) is 1.03. The number of aromatic hydroxyl groups is 1. The fourth-order valence-electron chi connectivity index (χ4n) is 2.28. The standard InChI is InChI=1S/C13H16ClNO4/c1-15(11-7-19-6-10(11)13(17)18)5-8-4-9(14)2-3-12(8)16/h2-4,10-11,16H,5-7H2,1H3,(H,17,18). The Bertz CT molecular complexity index is 480. The zero-order chi connectivity index (χ0) is 14.0. The van der Waals surface area contributed by atoms with Crippen molar-refractivity contribution in [3.63, 3.8) is 0 Å². The van der Waals surface area contributed by atoms with E-state index in [1.807, 2.05) is 11.9 Å². The Labute approximate surface area is 116 Å². The topological polar surface area (TPSA) is 70.0 Å². The number of carbonyl (C=O) groups is 1. The van der Waals surface area contributed by atoms with Crippen molar-refractivity contribution in [2.45, 2.75) is 12.6 Å². The van der Waals surface area contributed by atoms with Gasteiger partial charge in [-0.05, 0) is 25.2 Å². The Kier molecular flexibility index (Phi) is 4.29. The van der Waals surface area contributed by atoms with Crippen LogP contribution in [0.15, 0.2) is 18.2 Å². The third-order valence-electron chi connectivity index (χ3n) is 3.40. The van der Waals surface area contributed by atoms with E-state index in [1.54, 1.807) is 12.1 Å². The predicted molar refractivity (Wildman–Crippen MR) is 70.3 cm³/mol. The van der Waals surface area contributed by atoms with E-state index in [-0.39, 0.29) is 18.4 Å². The molecule has 2 unspecified atom stereocenters. The number of phenols is 1. The van der Waals surface area contributed by atoms with Gasteiger partial charge < -0.3 is 14.9 Å². The van der Waals surface area contributed by atoms with Crippen molar-refractivity contribution in [3.8, 4) is 5.75 Å². The molecule has 0 spiro atoms. The first-order valence-electron chi connectivity index (χ1n) is 5.97. The summed E-state index contributed by atoms with van der Waals surface area (Å²) in [5, 5.41) is 19.4. The number of carboxylic acids is 1. The Morgan fingerprint density at radius 1 is 1.53 bits per heavy atom. The van der Waals surface area contributed by atoms with Gasteiger partial charge in [0.2, 0.25) is 0 Å². The van der Waals surface area contributed by atoms with Crippen molar-refractivity contribution in [2.24, 2.45) is 5.92 Å². The van der Waals surface area contributed by atoms with Gasteiger partial charge in [-0.1, -0.05) is 11.6 Å². The summed E-state index contributed by atoms with van der Waals surface area (Å²) in [5.74, 6) is -1.24. The quantitative estimate of drug-likeness (QED) is 0.879. The average Bonchev–Trinajstić information content (AvgIpc) is 2.83. The van der Waals surface area contributed by atoms with Crippen molar-refractivity contribution in [1.82, 2.24) is 4.90 Å². The van der Waals surface area contributed by atoms with Crippen LogP contribution in [0.4, 0.5) is 0 Å². The molecular formula is C13H16ClNO4. The van der Waals surface area contributed by atoms with E-state index in [1.165, 1.54) is 6.07 Å². The zero-order valence-electron chi connectivity index (χ0n) is 10.5. The van der Waals surface area contributed by atoms with Crippen molar-refractivity contribution in [2.75, 3.05) is 20.3 Å². The van der Waals surface area contributed by atoms with Gasteiger partial charge in [-0.2, -0.15) is 0 Å². The molecule has 5 nitrogen and oxygen atoms in total. The second kappa shape index (κ2) is 5.77. The molecule has 2 N–H and O–H groups in total. The van der Waals surface area contributed by atoms with Crippen LogP contribution in [0.3, 0.4) is 0 Å². The van der Waals surface area contributed by atoms with Crippen molar-refractivity contribution >= 4 is 17.6 Å². The van der Waals surface area contributed by atoms with Gasteiger partial charge in [0.05, 0.1) is 19.1 Å². The number of aliphatic carboxylic acids is 1. The number of likely N-dealkylation sites (N-methyl/N-ethyl adjacent to an activating group) is 1. The molecule has 19 heavy (non-hydrogen) atoms. The van der Waals surface area contributed by atoms with E-state index in [4.69, 9.17) is 21.4 Å². The lowest BCUT2D eigenvalue weighted by atomic mass is 10.0. The van der Waals surface area contributed by atoms with Crippen LogP contribution in [0, 0.1) is 5.92 Å². The highest BCUT2D eigenvalue weighted by molar-refractivity contribution is 6.30. The number of ether oxygens (including phenoxy) is 1. The van der Waals surface area contributed by atoms with Crippen LogP contribution in [-0.4, -0.2) is 47.4 Å². The van der Waals surface area contributed by atoms with Crippen LogP contribution in [0.1, 0.15) is 5.56 Å². The third-order valence-corrected chi connectivity index (χ3v) is 3.63. The van der Waals surface area contributed by atoms with E-state index in [2.05, 4.69) is 0 Å². The zero-order valence-corrected chi connectivity index (χ0v) is 11.3. The van der Waals surface area contributed by atoms with Gasteiger partial charge in [-0.15, -0.1) is 0 Å². The predicted octanol–water partition coefficient (Wildman–Crippen LogP) is 1.58. The smallest absolute Gasteiger partial charge is 0.310 e. The van der Waals surface area contributed by atoms with Crippen molar-refractivity contribution in [3.05, 3.63) is 28.8 Å². The molecule has 1 fully saturated rings. The van der Waals surface area contributed by atoms with Gasteiger partial charge in [0.1, 0.15) is 5.75 Å². The van der Waals surface area contributed by atoms with Gasteiger partial charge in [0.25, 0.3) is 0 Å². The number of halogens is 1. The molecule has 1 aliphatic rings. The molecule has 0 radical (unpaired) electrons. The molecule has 1 saturated heterocycles. The lowest BCUT2D eigenvalue weighted by molar-refractivity contribution is -0.143. The highest BCUT2D eigenvalue weighted by Gasteiger charge is 2.36. The molecule has 0 bridgehead atoms. The summed E-state index contributed by atoms with van der Waals surface area (Å²) >= 11 is 5.89. The highest BCUT2D eigenvalue weighted by atomic mass is 35.5. The summed E-state index contributed by atoms with van der Waals surface area (Å²) in [4.78, 5) is 13.0. The lowest BCUT2D eigenvalue weighted by Crippen LogP contribution is -2.40. The minimum atomic E-state index is -0.857. The van der Waals surface area contributed by atoms with Gasteiger partial charge >= 0.3 is 5.97 Å². The molecule has 0 amide bonds. The second-order valence-corrected chi connectivity index (χ2v) is 5.17. The van der Waals surface area contributed by atoms with E-state index in [9.17, 15) is 9.90 Å². The summed E-state index contributed by atoms with van der Waals surface area (Å²) in [6, 6.07) is 4.62. The van der Waals surface area contributed by atoms with Gasteiger partial charge in [0.15, 0.2) is 0 Å². The summed E-state index contributed by atoms with van der Waals surface area (Å²) in [7, 11) is 1.82. The molecule has 0 aliphatic carbocycles. The molecule has 1 heterocycles. The normalized spacial score (nSPS) is 22.9. The van der Waals surface area contributed by atoms with Gasteiger partial charge in [-0.25, -0.2) is 0 Å². The fourth-order valence-corrected chi connectivity index (χ4v) is 2.47. The molecular weight excluding hydrogens is 270 g/mol. The number of carboxylic acid groups (broad SMARTS) is 1. The third kappa shape index (κ3) is 3.18. The number of hydrogen-bond acceptors (Lipinski definition) is 4. The van der Waals surface area contributed by atoms with Crippen LogP contribution in [0.25, 0.3) is 0 Å². The maximum Gasteiger partial charge on any atom is 0.310 e. The second-order valence-electron chi connectivity index (χ2n) is 4.74. The largest absolute Gasteiger partial charge is 0.508 e. The Hall–Kier alpha value is -1.30. The number of benzene rings is 1. The summed E-state index contributed by atoms with van der Waals surface area (Å²) in [5.41, 5.74) is 0.672. The molecule has 0 aromatic heterocycles. The molecule has 1 aromatic carbocycles. The van der Waals surface area contributed by atoms with Gasteiger partial charge in [0, 0.05) is 23.2 Å². The van der Waals surface area contributed by atoms with E-state index in [0.717, 1.165) is 0 Å². The van der Waals surface area contributed by atoms with Gasteiger partial charge in [-0.3, -0.25) is 9.69 Å². The number of nitrogens with zero attached hydrogens (tertiary/aromatic N) is 1. The fraction of sp³-hybridized carbons (Fsp3) is 0.462. The van der Waals surface area contributed by atoms with E-state index >= 15 is 0 Å². The lowest BCUT2D eigenvalue weighted by Gasteiger charge is -2.26. The summed E-state index contributed by atoms with van der Waals surface area (Å²) in [6.07, 6.45) is 0. The van der Waals surface area contributed by atoms with E-state index in [0.29, 0.717) is 23.7 Å². The van der Waals surface area contributed by atoms with Crippen LogP contribution in [-0.2, 0) is 16.1 Å². The Morgan fingerprint density at radius 2 is 2.26 bits per heavy atom. The van der Waals surface area contributed by atoms with Crippen molar-refractivity contribution < 1.29 is 19.7 Å². The molecule has 1 aromatic rings. The first-order valence-corrected chi connectivity index (χ1v) is 6.35. The highest BCUT2D eigenvalue weighted by Crippen LogP contribution is 2.26. The maximum atomic E-state index is 11.1. The van der Waals surface area contributed by atoms with E-state index < -0.39 is 11.9 Å². The number of hydrogen-bond donors (Lipinski definition) is 2. The van der Waals surface area contributed by atoms with Crippen LogP contribution in [0.5, 0.6) is 5.75 Å². The Balaban J connectivity index is 2.10. The monoisotopic (exact) mass is 285 g/mol. The first kappa shape index (κ1) is 14.1.